The van der Waals surface area contributed by atoms with E-state index >= 15 is 0 Å². The Morgan fingerprint density at radius 2 is 0.814 bits per heavy atom. The predicted octanol–water partition coefficient (Wildman–Crippen LogP) is 3.40. The van der Waals surface area contributed by atoms with E-state index in [-0.39, 0.29) is 65.8 Å². The molecule has 0 unspecified atom stereocenters. The Labute approximate surface area is 252 Å². The second kappa shape index (κ2) is 19.6. The lowest BCUT2D eigenvalue weighted by Crippen LogP contribution is -2.36. The van der Waals surface area contributed by atoms with Gasteiger partial charge in [-0.2, -0.15) is 0 Å². The Bertz CT molecular complexity index is 1040. The number of carbonyl (C=O) groups excluding carboxylic acids is 4. The van der Waals surface area contributed by atoms with Gasteiger partial charge < -0.3 is 38.2 Å². The molecule has 0 bridgehead atoms. The van der Waals surface area contributed by atoms with Crippen LogP contribution in [0.3, 0.4) is 0 Å². The molecule has 2 rings (SSSR count). The molecule has 0 aliphatic heterocycles. The topological polar surface area (TPSA) is 130 Å². The van der Waals surface area contributed by atoms with E-state index < -0.39 is 23.9 Å². The first-order valence-electron chi connectivity index (χ1n) is 14.4. The molecule has 12 nitrogen and oxygen atoms in total. The van der Waals surface area contributed by atoms with E-state index in [1.54, 1.807) is 86.0 Å². The van der Waals surface area contributed by atoms with Crippen LogP contribution < -0.4 is 19.3 Å². The molecule has 0 N–H and O–H groups in total. The molecule has 0 heterocycles. The maximum absolute atomic E-state index is 12.2. The van der Waals surface area contributed by atoms with Crippen LogP contribution in [0, 0.1) is 0 Å². The van der Waals surface area contributed by atoms with Crippen LogP contribution in [0.1, 0.15) is 34.1 Å². The maximum Gasteiger partial charge on any atom is 0.325 e. The van der Waals surface area contributed by atoms with Crippen LogP contribution in [0.4, 0.5) is 11.4 Å². The number of benzene rings is 2. The predicted molar refractivity (Wildman–Crippen MR) is 159 cm³/mol. The Morgan fingerprint density at radius 1 is 0.512 bits per heavy atom. The summed E-state index contributed by atoms with van der Waals surface area (Å²) in [7, 11) is 0. The van der Waals surface area contributed by atoms with Crippen LogP contribution in [0.25, 0.3) is 0 Å². The minimum Gasteiger partial charge on any atom is -0.491 e. The molecule has 236 valence electrons. The first-order valence-corrected chi connectivity index (χ1v) is 14.4. The van der Waals surface area contributed by atoms with Gasteiger partial charge in [-0.15, -0.1) is 0 Å². The largest absolute Gasteiger partial charge is 0.491 e. The van der Waals surface area contributed by atoms with E-state index in [2.05, 4.69) is 0 Å². The zero-order valence-corrected chi connectivity index (χ0v) is 25.4. The molecule has 43 heavy (non-hydrogen) atoms. The minimum atomic E-state index is -0.478. The molecule has 0 saturated carbocycles. The highest BCUT2D eigenvalue weighted by Gasteiger charge is 2.21. The number of rotatable bonds is 20. The molecule has 2 aromatic carbocycles. The lowest BCUT2D eigenvalue weighted by molar-refractivity contribution is -0.144. The zero-order chi connectivity index (χ0) is 31.5. The molecular weight excluding hydrogens is 560 g/mol. The Balaban J connectivity index is 2.08. The molecule has 0 fully saturated rings. The summed E-state index contributed by atoms with van der Waals surface area (Å²) in [6.07, 6.45) is 0.480. The smallest absolute Gasteiger partial charge is 0.325 e. The molecular formula is C31H42N2O10. The Kier molecular flexibility index (Phi) is 15.8. The quantitative estimate of drug-likeness (QED) is 0.125. The lowest BCUT2D eigenvalue weighted by atomic mass is 10.2. The third-order valence-corrected chi connectivity index (χ3v) is 5.72. The molecule has 0 radical (unpaired) electrons. The minimum absolute atomic E-state index is 0.152. The first kappa shape index (κ1) is 34.7. The van der Waals surface area contributed by atoms with E-state index in [0.29, 0.717) is 29.3 Å². The molecule has 0 aromatic heterocycles. The van der Waals surface area contributed by atoms with Gasteiger partial charge in [-0.3, -0.25) is 19.2 Å². The van der Waals surface area contributed by atoms with Gasteiger partial charge in [0.2, 0.25) is 0 Å². The van der Waals surface area contributed by atoms with Gasteiger partial charge >= 0.3 is 23.9 Å². The van der Waals surface area contributed by atoms with E-state index in [0.717, 1.165) is 0 Å². The Morgan fingerprint density at radius 3 is 1.12 bits per heavy atom. The van der Waals surface area contributed by atoms with Gasteiger partial charge in [-0.05, 0) is 52.0 Å². The zero-order valence-electron chi connectivity index (χ0n) is 25.4. The number of hydrogen-bond acceptors (Lipinski definition) is 12. The summed E-state index contributed by atoms with van der Waals surface area (Å²) >= 11 is 0. The summed E-state index contributed by atoms with van der Waals surface area (Å²) in [6.45, 7) is 7.65. The van der Waals surface area contributed by atoms with E-state index in [1.807, 2.05) is 0 Å². The molecule has 0 atom stereocenters. The van der Waals surface area contributed by atoms with Crippen LogP contribution in [-0.4, -0.2) is 89.7 Å². The highest BCUT2D eigenvalue weighted by atomic mass is 16.5. The lowest BCUT2D eigenvalue weighted by Gasteiger charge is -2.25. The highest BCUT2D eigenvalue weighted by Crippen LogP contribution is 2.30. The number of esters is 4. The van der Waals surface area contributed by atoms with Crippen molar-refractivity contribution in [3.05, 3.63) is 48.5 Å². The summed E-state index contributed by atoms with van der Waals surface area (Å²) in [5.41, 5.74) is 1.09. The van der Waals surface area contributed by atoms with Crippen molar-refractivity contribution in [1.29, 1.82) is 0 Å². The van der Waals surface area contributed by atoms with Gasteiger partial charge in [-0.1, -0.05) is 24.3 Å². The first-order chi connectivity index (χ1) is 20.8. The van der Waals surface area contributed by atoms with Crippen molar-refractivity contribution in [2.75, 3.05) is 75.6 Å². The van der Waals surface area contributed by atoms with E-state index in [9.17, 15) is 19.2 Å². The summed E-state index contributed by atoms with van der Waals surface area (Å²) in [4.78, 5) is 52.1. The van der Waals surface area contributed by atoms with Crippen molar-refractivity contribution in [3.8, 4) is 11.5 Å². The molecule has 2 aromatic rings. The number of carbonyl (C=O) groups is 4. The van der Waals surface area contributed by atoms with Crippen molar-refractivity contribution in [2.24, 2.45) is 0 Å². The summed E-state index contributed by atoms with van der Waals surface area (Å²) in [5.74, 6) is -0.956. The van der Waals surface area contributed by atoms with Crippen molar-refractivity contribution >= 4 is 35.3 Å². The SMILES string of the molecule is CCOC(=O)CN(CC(=O)OCC)c1ccccc1OCCCOc1ccccc1N(CC(=O)OCC)CC(=O)OCC. The van der Waals surface area contributed by atoms with Crippen molar-refractivity contribution in [2.45, 2.75) is 34.1 Å². The molecule has 0 saturated heterocycles. The van der Waals surface area contributed by atoms with Gasteiger partial charge in [0, 0.05) is 6.42 Å². The van der Waals surface area contributed by atoms with Crippen LogP contribution in [0.2, 0.25) is 0 Å². The molecule has 0 spiro atoms. The third-order valence-electron chi connectivity index (χ3n) is 5.72. The Hall–Kier alpha value is -4.48. The number of anilines is 2. The second-order valence-corrected chi connectivity index (χ2v) is 8.92. The van der Waals surface area contributed by atoms with Gasteiger partial charge in [0.05, 0.1) is 51.0 Å². The normalized spacial score (nSPS) is 10.3. The van der Waals surface area contributed by atoms with Gasteiger partial charge in [0.25, 0.3) is 0 Å². The van der Waals surface area contributed by atoms with Crippen molar-refractivity contribution < 1.29 is 47.6 Å². The summed E-state index contributed by atoms with van der Waals surface area (Å²) in [6, 6.07) is 14.1. The number of nitrogens with zero attached hydrogens (tertiary/aromatic N) is 2. The fourth-order valence-corrected chi connectivity index (χ4v) is 4.01. The van der Waals surface area contributed by atoms with Crippen LogP contribution in [-0.2, 0) is 38.1 Å². The van der Waals surface area contributed by atoms with Crippen LogP contribution >= 0.6 is 0 Å². The van der Waals surface area contributed by atoms with Crippen molar-refractivity contribution in [1.82, 2.24) is 0 Å². The van der Waals surface area contributed by atoms with Gasteiger partial charge in [0.1, 0.15) is 37.7 Å². The monoisotopic (exact) mass is 602 g/mol. The summed E-state index contributed by atoms with van der Waals surface area (Å²) in [5, 5.41) is 0. The molecule has 0 aliphatic rings. The fourth-order valence-electron chi connectivity index (χ4n) is 4.01. The van der Waals surface area contributed by atoms with Gasteiger partial charge in [-0.25, -0.2) is 0 Å². The number of para-hydroxylation sites is 4. The number of hydrogen-bond donors (Lipinski definition) is 0. The molecule has 0 aliphatic carbocycles. The molecule has 0 amide bonds. The standard InChI is InChI=1S/C31H42N2O10/c1-5-38-28(34)20-32(21-29(35)39-6-2)24-14-9-11-16-26(24)42-18-13-19-43-27-17-12-10-15-25(27)33(22-30(36)40-7-3)23-31(37)41-8-4/h9-12,14-17H,5-8,13,18-23H2,1-4H3. The third kappa shape index (κ3) is 12.5. The summed E-state index contributed by atoms with van der Waals surface area (Å²) < 4.78 is 32.3. The van der Waals surface area contributed by atoms with E-state index in [1.165, 1.54) is 0 Å². The molecule has 12 heteroatoms. The van der Waals surface area contributed by atoms with Gasteiger partial charge in [0.15, 0.2) is 0 Å². The maximum atomic E-state index is 12.2. The van der Waals surface area contributed by atoms with Crippen molar-refractivity contribution in [3.63, 3.8) is 0 Å². The average Bonchev–Trinajstić information content (AvgIpc) is 2.97. The second-order valence-electron chi connectivity index (χ2n) is 8.92. The van der Waals surface area contributed by atoms with Crippen LogP contribution in [0.5, 0.6) is 11.5 Å². The number of ether oxygens (including phenoxy) is 6. The van der Waals surface area contributed by atoms with Crippen LogP contribution in [0.15, 0.2) is 48.5 Å². The highest BCUT2D eigenvalue weighted by molar-refractivity contribution is 5.83. The fraction of sp³-hybridized carbons (Fsp3) is 0.484. The average molecular weight is 603 g/mol. The van der Waals surface area contributed by atoms with E-state index in [4.69, 9.17) is 28.4 Å².